The number of aliphatic hydroxyl groups is 1. The van der Waals surface area contributed by atoms with E-state index in [2.05, 4.69) is 0 Å². The van der Waals surface area contributed by atoms with Crippen molar-refractivity contribution in [2.24, 2.45) is 0 Å². The van der Waals surface area contributed by atoms with Gasteiger partial charge in [-0.25, -0.2) is 4.39 Å². The molecule has 0 fully saturated rings. The molecule has 33 heavy (non-hydrogen) atoms. The Kier molecular flexibility index (Phi) is 8.45. The molecule has 0 saturated carbocycles. The maximum Gasteiger partial charge on any atom is 1.00 e. The molecule has 0 bridgehead atoms. The average molecular weight is 496 g/mol. The van der Waals surface area contributed by atoms with Crippen LogP contribution in [0.1, 0.15) is 27.0 Å². The number of hydrogen-bond acceptors (Lipinski definition) is 4. The van der Waals surface area contributed by atoms with Gasteiger partial charge in [0.25, 0.3) is 0 Å². The quantitative estimate of drug-likeness (QED) is 0.395. The molecule has 0 amide bonds. The monoisotopic (exact) mass is 495 g/mol. The third-order valence-corrected chi connectivity index (χ3v) is 5.61. The number of carboxylic acids is 1. The number of aromatic nitrogens is 1. The summed E-state index contributed by atoms with van der Waals surface area (Å²) in [6, 6.07) is 14.3. The number of fused-ring (bicyclic) bond motifs is 1. The number of benzene rings is 3. The summed E-state index contributed by atoms with van der Waals surface area (Å²) < 4.78 is 21.8. The number of rotatable bonds is 7. The topological polar surface area (TPSA) is 74.5 Å². The SMILES string of the molecule is O=C([O-])c1cccc2c1c(CO)cn2Cc1cc(Cl)ccc1OCc1ccc(Cl)cc1F.[Na+]. The molecule has 4 aromatic rings. The summed E-state index contributed by atoms with van der Waals surface area (Å²) in [5, 5.41) is 22.5. The van der Waals surface area contributed by atoms with Crippen molar-refractivity contribution < 1.29 is 53.7 Å². The number of hydrogen-bond donors (Lipinski definition) is 1. The van der Waals surface area contributed by atoms with Crippen molar-refractivity contribution >= 4 is 40.1 Å². The van der Waals surface area contributed by atoms with Gasteiger partial charge in [-0.15, -0.1) is 0 Å². The Morgan fingerprint density at radius 1 is 1.03 bits per heavy atom. The maximum atomic E-state index is 14.1. The molecule has 0 aliphatic heterocycles. The molecule has 1 aromatic heterocycles. The van der Waals surface area contributed by atoms with E-state index in [4.69, 9.17) is 27.9 Å². The van der Waals surface area contributed by atoms with Gasteiger partial charge in [-0.1, -0.05) is 41.4 Å². The van der Waals surface area contributed by atoms with Gasteiger partial charge >= 0.3 is 29.6 Å². The summed E-state index contributed by atoms with van der Waals surface area (Å²) in [5.41, 5.74) is 2.14. The Morgan fingerprint density at radius 2 is 1.76 bits per heavy atom. The van der Waals surface area contributed by atoms with E-state index in [0.29, 0.717) is 43.4 Å². The molecule has 4 rings (SSSR count). The summed E-state index contributed by atoms with van der Waals surface area (Å²) >= 11 is 12.0. The van der Waals surface area contributed by atoms with Crippen LogP contribution in [0.25, 0.3) is 10.9 Å². The molecule has 0 spiro atoms. The molecule has 0 aliphatic rings. The van der Waals surface area contributed by atoms with Crippen molar-refractivity contribution in [3.8, 4) is 5.75 Å². The van der Waals surface area contributed by atoms with Crippen molar-refractivity contribution in [3.05, 3.63) is 98.9 Å². The van der Waals surface area contributed by atoms with E-state index in [1.165, 1.54) is 12.1 Å². The summed E-state index contributed by atoms with van der Waals surface area (Å²) in [4.78, 5) is 11.5. The van der Waals surface area contributed by atoms with E-state index >= 15 is 0 Å². The number of nitrogens with zero attached hydrogens (tertiary/aromatic N) is 1. The van der Waals surface area contributed by atoms with Gasteiger partial charge in [-0.05, 0) is 36.4 Å². The number of carbonyl (C=O) groups is 1. The van der Waals surface area contributed by atoms with Crippen LogP contribution in [-0.2, 0) is 19.8 Å². The zero-order valence-electron chi connectivity index (χ0n) is 17.6. The van der Waals surface area contributed by atoms with Crippen molar-refractivity contribution in [1.29, 1.82) is 0 Å². The van der Waals surface area contributed by atoms with E-state index in [1.54, 1.807) is 53.2 Å². The van der Waals surface area contributed by atoms with Crippen LogP contribution in [0.4, 0.5) is 4.39 Å². The third-order valence-electron chi connectivity index (χ3n) is 5.14. The third kappa shape index (κ3) is 5.54. The minimum atomic E-state index is -1.32. The molecule has 3 aromatic carbocycles. The van der Waals surface area contributed by atoms with Gasteiger partial charge in [-0.3, -0.25) is 0 Å². The van der Waals surface area contributed by atoms with E-state index < -0.39 is 11.8 Å². The van der Waals surface area contributed by atoms with Gasteiger partial charge in [0, 0.05) is 49.4 Å². The van der Waals surface area contributed by atoms with Crippen molar-refractivity contribution in [2.45, 2.75) is 19.8 Å². The molecular weight excluding hydrogens is 479 g/mol. The predicted molar refractivity (Wildman–Crippen MR) is 118 cm³/mol. The second-order valence-electron chi connectivity index (χ2n) is 7.20. The van der Waals surface area contributed by atoms with Crippen LogP contribution in [0.15, 0.2) is 60.8 Å². The fourth-order valence-corrected chi connectivity index (χ4v) is 4.00. The molecule has 164 valence electrons. The van der Waals surface area contributed by atoms with E-state index in [0.717, 1.165) is 0 Å². The Hall–Kier alpha value is -2.06. The number of halogens is 3. The van der Waals surface area contributed by atoms with Crippen molar-refractivity contribution in [2.75, 3.05) is 0 Å². The van der Waals surface area contributed by atoms with Gasteiger partial charge < -0.3 is 24.3 Å². The molecule has 0 unspecified atom stereocenters. The van der Waals surface area contributed by atoms with E-state index in [9.17, 15) is 19.4 Å². The Bertz CT molecular complexity index is 1330. The smallest absolute Gasteiger partial charge is 0.545 e. The number of aromatic carboxylic acids is 1. The first-order chi connectivity index (χ1) is 15.4. The predicted octanol–water partition coefficient (Wildman–Crippen LogP) is 1.57. The van der Waals surface area contributed by atoms with Gasteiger partial charge in [0.1, 0.15) is 18.2 Å². The molecule has 0 atom stereocenters. The van der Waals surface area contributed by atoms with Crippen LogP contribution >= 0.6 is 23.2 Å². The van der Waals surface area contributed by atoms with E-state index in [-0.39, 0.29) is 54.9 Å². The molecule has 0 radical (unpaired) electrons. The maximum absolute atomic E-state index is 14.1. The molecular formula is C24H17Cl2FNNaO4. The number of aliphatic hydroxyl groups excluding tert-OH is 1. The summed E-state index contributed by atoms with van der Waals surface area (Å²) in [6.45, 7) is -0.0602. The van der Waals surface area contributed by atoms with Crippen molar-refractivity contribution in [1.82, 2.24) is 4.57 Å². The van der Waals surface area contributed by atoms with Crippen LogP contribution in [0, 0.1) is 5.82 Å². The first kappa shape index (κ1) is 25.6. The minimum Gasteiger partial charge on any atom is -0.545 e. The van der Waals surface area contributed by atoms with Crippen LogP contribution in [0.2, 0.25) is 10.0 Å². The molecule has 1 heterocycles. The first-order valence-electron chi connectivity index (χ1n) is 9.65. The fraction of sp³-hybridized carbons (Fsp3) is 0.125. The van der Waals surface area contributed by atoms with Crippen LogP contribution in [0.3, 0.4) is 0 Å². The number of ether oxygens (including phenoxy) is 1. The molecule has 5 nitrogen and oxygen atoms in total. The van der Waals surface area contributed by atoms with Crippen molar-refractivity contribution in [3.63, 3.8) is 0 Å². The Balaban J connectivity index is 0.00000306. The Morgan fingerprint density at radius 3 is 2.45 bits per heavy atom. The van der Waals surface area contributed by atoms with Gasteiger partial charge in [0.2, 0.25) is 0 Å². The second-order valence-corrected chi connectivity index (χ2v) is 8.08. The summed E-state index contributed by atoms with van der Waals surface area (Å²) in [6.07, 6.45) is 1.68. The van der Waals surface area contributed by atoms with Gasteiger partial charge in [0.05, 0.1) is 19.1 Å². The normalized spacial score (nSPS) is 10.8. The molecule has 1 N–H and O–H groups in total. The molecule has 0 saturated heterocycles. The average Bonchev–Trinajstić information content (AvgIpc) is 3.12. The minimum absolute atomic E-state index is 0. The standard InChI is InChI=1S/C24H18Cl2FNO4.Na/c25-17-6-7-22(32-13-14-4-5-18(26)9-20(14)27)15(8-17)10-28-11-16(12-29)23-19(24(30)31)2-1-3-21(23)28;/h1-9,11,29H,10,12-13H2,(H,30,31);/q;+1/p-1. The van der Waals surface area contributed by atoms with Gasteiger partial charge in [0.15, 0.2) is 0 Å². The van der Waals surface area contributed by atoms with E-state index in [1.807, 2.05) is 0 Å². The van der Waals surface area contributed by atoms with Crippen LogP contribution < -0.4 is 39.4 Å². The summed E-state index contributed by atoms with van der Waals surface area (Å²) in [7, 11) is 0. The zero-order chi connectivity index (χ0) is 22.8. The molecule has 0 aliphatic carbocycles. The van der Waals surface area contributed by atoms with Gasteiger partial charge in [-0.2, -0.15) is 0 Å². The summed E-state index contributed by atoms with van der Waals surface area (Å²) in [5.74, 6) is -1.29. The fourth-order valence-electron chi connectivity index (χ4n) is 3.65. The largest absolute Gasteiger partial charge is 1.00 e. The first-order valence-corrected chi connectivity index (χ1v) is 10.4. The van der Waals surface area contributed by atoms with Crippen LogP contribution in [0.5, 0.6) is 5.75 Å². The second kappa shape index (κ2) is 10.9. The number of carbonyl (C=O) groups excluding carboxylic acids is 1. The number of carboxylic acid groups (broad SMARTS) is 1. The molecule has 9 heteroatoms. The zero-order valence-corrected chi connectivity index (χ0v) is 21.2. The van der Waals surface area contributed by atoms with Crippen LogP contribution in [-0.4, -0.2) is 15.6 Å². The Labute approximate surface area is 221 Å².